The Hall–Kier alpha value is -4.01. The Morgan fingerprint density at radius 3 is 2.81 bits per heavy atom. The van der Waals surface area contributed by atoms with Gasteiger partial charge >= 0.3 is 0 Å². The third kappa shape index (κ3) is 4.83. The molecule has 0 aliphatic heterocycles. The molecular weight excluding hydrogens is 413 g/mol. The summed E-state index contributed by atoms with van der Waals surface area (Å²) in [5, 5.41) is 10.7. The highest BCUT2D eigenvalue weighted by Gasteiger charge is 2.22. The van der Waals surface area contributed by atoms with Crippen LogP contribution in [0.5, 0.6) is 5.75 Å². The average molecular weight is 435 g/mol. The lowest BCUT2D eigenvalue weighted by Gasteiger charge is -2.10. The van der Waals surface area contributed by atoms with Crippen molar-refractivity contribution < 1.29 is 18.4 Å². The van der Waals surface area contributed by atoms with Gasteiger partial charge in [0.15, 0.2) is 5.69 Å². The highest BCUT2D eigenvalue weighted by atomic mass is 19.1. The summed E-state index contributed by atoms with van der Waals surface area (Å²) in [6.45, 7) is 6.14. The normalized spacial score (nSPS) is 10.9. The van der Waals surface area contributed by atoms with E-state index in [4.69, 9.17) is 9.26 Å². The second-order valence-corrected chi connectivity index (χ2v) is 7.47. The highest BCUT2D eigenvalue weighted by Crippen LogP contribution is 2.22. The molecule has 2 aromatic carbocycles. The van der Waals surface area contributed by atoms with Crippen molar-refractivity contribution in [1.82, 2.24) is 19.9 Å². The van der Waals surface area contributed by atoms with Crippen LogP contribution in [-0.4, -0.2) is 25.8 Å². The number of anilines is 1. The molecule has 0 spiro atoms. The van der Waals surface area contributed by atoms with E-state index < -0.39 is 5.91 Å². The van der Waals surface area contributed by atoms with Gasteiger partial charge in [-0.05, 0) is 50.1 Å². The average Bonchev–Trinajstić information content (AvgIpc) is 3.33. The minimum absolute atomic E-state index is 0.105. The minimum atomic E-state index is -0.510. The number of aromatic nitrogens is 4. The first-order chi connectivity index (χ1) is 15.4. The lowest BCUT2D eigenvalue weighted by molar-refractivity contribution is 0.101. The molecule has 4 rings (SSSR count). The maximum absolute atomic E-state index is 13.4. The number of ether oxygens (including phenoxy) is 1. The van der Waals surface area contributed by atoms with Crippen molar-refractivity contribution in [1.29, 1.82) is 0 Å². The summed E-state index contributed by atoms with van der Waals surface area (Å²) in [7, 11) is 0. The van der Waals surface area contributed by atoms with Crippen LogP contribution in [0.4, 0.5) is 10.3 Å². The number of aryl methyl sites for hydroxylation is 3. The Bertz CT molecular complexity index is 1260. The molecule has 164 valence electrons. The van der Waals surface area contributed by atoms with Crippen molar-refractivity contribution in [3.05, 3.63) is 88.3 Å². The number of rotatable bonds is 7. The number of benzene rings is 2. The van der Waals surface area contributed by atoms with Crippen LogP contribution in [0, 0.1) is 26.6 Å². The van der Waals surface area contributed by atoms with Gasteiger partial charge in [-0.1, -0.05) is 35.0 Å². The van der Waals surface area contributed by atoms with Gasteiger partial charge in [0.05, 0.1) is 12.1 Å². The van der Waals surface area contributed by atoms with Crippen molar-refractivity contribution in [2.75, 3.05) is 5.32 Å². The number of amides is 1. The van der Waals surface area contributed by atoms with E-state index >= 15 is 0 Å². The molecule has 2 heterocycles. The van der Waals surface area contributed by atoms with Crippen LogP contribution in [0.15, 0.2) is 53.3 Å². The fourth-order valence-corrected chi connectivity index (χ4v) is 3.26. The molecule has 32 heavy (non-hydrogen) atoms. The maximum atomic E-state index is 13.4. The summed E-state index contributed by atoms with van der Waals surface area (Å²) >= 11 is 0. The first-order valence-electron chi connectivity index (χ1n) is 9.99. The third-order valence-electron chi connectivity index (χ3n) is 4.90. The van der Waals surface area contributed by atoms with Gasteiger partial charge in [-0.2, -0.15) is 0 Å². The van der Waals surface area contributed by atoms with E-state index in [1.807, 2.05) is 32.0 Å². The molecule has 1 amide bonds. The number of carbonyl (C=O) groups is 1. The van der Waals surface area contributed by atoms with E-state index in [9.17, 15) is 9.18 Å². The van der Waals surface area contributed by atoms with Crippen LogP contribution in [0.3, 0.4) is 0 Å². The maximum Gasteiger partial charge on any atom is 0.280 e. The van der Waals surface area contributed by atoms with Gasteiger partial charge < -0.3 is 9.26 Å². The molecule has 8 nitrogen and oxygen atoms in total. The first-order valence-corrected chi connectivity index (χ1v) is 9.99. The number of halogens is 1. The van der Waals surface area contributed by atoms with Gasteiger partial charge in [0, 0.05) is 0 Å². The summed E-state index contributed by atoms with van der Waals surface area (Å²) in [6, 6.07) is 12.1. The molecule has 1 N–H and O–H groups in total. The molecule has 9 heteroatoms. The molecule has 0 atom stereocenters. The van der Waals surface area contributed by atoms with Crippen LogP contribution >= 0.6 is 0 Å². The Morgan fingerprint density at radius 2 is 2.03 bits per heavy atom. The summed E-state index contributed by atoms with van der Waals surface area (Å²) in [5.41, 5.74) is 3.51. The van der Waals surface area contributed by atoms with Crippen LogP contribution in [0.1, 0.15) is 38.5 Å². The zero-order valence-corrected chi connectivity index (χ0v) is 17.9. The number of nitrogens with one attached hydrogen (secondary N) is 1. The predicted octanol–water partition coefficient (Wildman–Crippen LogP) is 4.21. The summed E-state index contributed by atoms with van der Waals surface area (Å²) < 4.78 is 26.0. The highest BCUT2D eigenvalue weighted by molar-refractivity contribution is 6.02. The Morgan fingerprint density at radius 1 is 1.19 bits per heavy atom. The van der Waals surface area contributed by atoms with Crippen molar-refractivity contribution in [2.24, 2.45) is 0 Å². The lowest BCUT2D eigenvalue weighted by atomic mass is 10.1. The molecule has 2 aromatic heterocycles. The van der Waals surface area contributed by atoms with E-state index in [2.05, 4.69) is 20.6 Å². The lowest BCUT2D eigenvalue weighted by Crippen LogP contribution is -2.16. The number of hydrogen-bond acceptors (Lipinski definition) is 6. The minimum Gasteiger partial charge on any atom is -0.488 e. The molecule has 4 aromatic rings. The topological polar surface area (TPSA) is 95.1 Å². The molecule has 0 bridgehead atoms. The van der Waals surface area contributed by atoms with Crippen molar-refractivity contribution >= 4 is 11.9 Å². The van der Waals surface area contributed by atoms with E-state index in [1.54, 1.807) is 19.1 Å². The Kier molecular flexibility index (Phi) is 5.98. The largest absolute Gasteiger partial charge is 0.488 e. The van der Waals surface area contributed by atoms with Crippen LogP contribution < -0.4 is 10.1 Å². The zero-order valence-electron chi connectivity index (χ0n) is 17.9. The van der Waals surface area contributed by atoms with Gasteiger partial charge in [0.2, 0.25) is 5.95 Å². The quantitative estimate of drug-likeness (QED) is 0.467. The van der Waals surface area contributed by atoms with E-state index in [1.165, 1.54) is 23.1 Å². The molecular formula is C23H22FN5O3. The Balaban J connectivity index is 1.43. The SMILES string of the molecule is Cc1ccc(OCc2c(C(=O)Nc3ncn(Cc4cccc(F)c4)n3)noc2C)c(C)c1. The fourth-order valence-electron chi connectivity index (χ4n) is 3.26. The van der Waals surface area contributed by atoms with E-state index in [0.717, 1.165) is 22.4 Å². The summed E-state index contributed by atoms with van der Waals surface area (Å²) in [6.07, 6.45) is 1.46. The van der Waals surface area contributed by atoms with Crippen LogP contribution in [0.2, 0.25) is 0 Å². The van der Waals surface area contributed by atoms with Crippen molar-refractivity contribution in [3.8, 4) is 5.75 Å². The van der Waals surface area contributed by atoms with Gasteiger partial charge in [-0.3, -0.25) is 10.1 Å². The van der Waals surface area contributed by atoms with E-state index in [-0.39, 0.29) is 24.1 Å². The van der Waals surface area contributed by atoms with Crippen molar-refractivity contribution in [3.63, 3.8) is 0 Å². The molecule has 0 saturated carbocycles. The molecule has 0 saturated heterocycles. The molecule has 0 radical (unpaired) electrons. The monoisotopic (exact) mass is 435 g/mol. The Labute approximate surface area is 184 Å². The van der Waals surface area contributed by atoms with Crippen LogP contribution in [0.25, 0.3) is 0 Å². The van der Waals surface area contributed by atoms with E-state index in [0.29, 0.717) is 17.9 Å². The van der Waals surface area contributed by atoms with Crippen LogP contribution in [-0.2, 0) is 13.2 Å². The second-order valence-electron chi connectivity index (χ2n) is 7.47. The first kappa shape index (κ1) is 21.2. The molecule has 0 aliphatic rings. The summed E-state index contributed by atoms with van der Waals surface area (Å²) in [5.74, 6) is 0.482. The van der Waals surface area contributed by atoms with Gasteiger partial charge in [-0.25, -0.2) is 14.1 Å². The molecule has 0 aliphatic carbocycles. The van der Waals surface area contributed by atoms with Gasteiger partial charge in [0.25, 0.3) is 5.91 Å². The number of hydrogen-bond donors (Lipinski definition) is 1. The zero-order chi connectivity index (χ0) is 22.7. The number of nitrogens with zero attached hydrogens (tertiary/aromatic N) is 4. The van der Waals surface area contributed by atoms with Gasteiger partial charge in [0.1, 0.15) is 30.3 Å². The standard InChI is InChI=1S/C23H22FN5O3/c1-14-7-8-20(15(2)9-14)31-12-19-16(3)32-28-21(19)22(30)26-23-25-13-29(27-23)11-17-5-4-6-18(24)10-17/h4-10,13H,11-12H2,1-3H3,(H,26,27,30). The summed E-state index contributed by atoms with van der Waals surface area (Å²) in [4.78, 5) is 16.8. The molecule has 0 fully saturated rings. The number of carbonyl (C=O) groups excluding carboxylic acids is 1. The predicted molar refractivity (Wildman–Crippen MR) is 115 cm³/mol. The molecule has 0 unspecified atom stereocenters. The van der Waals surface area contributed by atoms with Crippen molar-refractivity contribution in [2.45, 2.75) is 33.9 Å². The second kappa shape index (κ2) is 9.01. The van der Waals surface area contributed by atoms with Gasteiger partial charge in [-0.15, -0.1) is 5.10 Å². The third-order valence-corrected chi connectivity index (χ3v) is 4.90. The fraction of sp³-hybridized carbons (Fsp3) is 0.217. The smallest absolute Gasteiger partial charge is 0.280 e.